The van der Waals surface area contributed by atoms with Crippen LogP contribution in [-0.2, 0) is 0 Å². The van der Waals surface area contributed by atoms with Crippen molar-refractivity contribution in [3.8, 4) is 0 Å². The Morgan fingerprint density at radius 3 is 2.44 bits per heavy atom. The van der Waals surface area contributed by atoms with Crippen LogP contribution >= 0.6 is 15.9 Å². The number of rotatable bonds is 4. The van der Waals surface area contributed by atoms with E-state index in [0.717, 1.165) is 24.6 Å². The summed E-state index contributed by atoms with van der Waals surface area (Å²) in [5.74, 6) is -0.565. The van der Waals surface area contributed by atoms with Crippen LogP contribution < -0.4 is 0 Å². The molecular weight excluding hydrogens is 184 g/mol. The van der Waals surface area contributed by atoms with E-state index in [1.807, 2.05) is 0 Å². The Balaban J connectivity index is 3.00. The van der Waals surface area contributed by atoms with Crippen molar-refractivity contribution in [3.05, 3.63) is 12.0 Å². The molecule has 9 heavy (non-hydrogen) atoms. The van der Waals surface area contributed by atoms with Gasteiger partial charge in [0.25, 0.3) is 5.95 Å². The fourth-order valence-corrected chi connectivity index (χ4v) is 0.866. The summed E-state index contributed by atoms with van der Waals surface area (Å²) in [6.07, 6.45) is 4.22. The van der Waals surface area contributed by atoms with Gasteiger partial charge in [-0.3, -0.25) is 0 Å². The molecular formula is C6H11BrO2. The van der Waals surface area contributed by atoms with Gasteiger partial charge in [-0.1, -0.05) is 15.9 Å². The maximum absolute atomic E-state index is 8.26. The molecule has 54 valence electrons. The van der Waals surface area contributed by atoms with E-state index in [4.69, 9.17) is 10.2 Å². The Labute approximate surface area is 63.3 Å². The summed E-state index contributed by atoms with van der Waals surface area (Å²) >= 11 is 3.27. The maximum atomic E-state index is 8.26. The Morgan fingerprint density at radius 2 is 2.00 bits per heavy atom. The average Bonchev–Trinajstić information content (AvgIpc) is 1.80. The van der Waals surface area contributed by atoms with E-state index in [0.29, 0.717) is 0 Å². The summed E-state index contributed by atoms with van der Waals surface area (Å²) < 4.78 is 0. The highest BCUT2D eigenvalue weighted by molar-refractivity contribution is 9.09. The first-order valence-corrected chi connectivity index (χ1v) is 4.03. The predicted octanol–water partition coefficient (Wildman–Crippen LogP) is 2.51. The van der Waals surface area contributed by atoms with Crippen LogP contribution in [-0.4, -0.2) is 15.5 Å². The van der Waals surface area contributed by atoms with E-state index in [9.17, 15) is 0 Å². The fraction of sp³-hybridized carbons (Fsp3) is 0.667. The monoisotopic (exact) mass is 194 g/mol. The lowest BCUT2D eigenvalue weighted by atomic mass is 10.2. The van der Waals surface area contributed by atoms with Crippen LogP contribution in [0.1, 0.15) is 19.3 Å². The van der Waals surface area contributed by atoms with E-state index in [1.54, 1.807) is 0 Å². The number of aliphatic hydroxyl groups is 2. The molecule has 0 unspecified atom stereocenters. The molecule has 0 rings (SSSR count). The third-order valence-electron chi connectivity index (χ3n) is 0.915. The first-order chi connectivity index (χ1) is 4.27. The van der Waals surface area contributed by atoms with Gasteiger partial charge in [0, 0.05) is 5.33 Å². The summed E-state index contributed by atoms with van der Waals surface area (Å²) in [6, 6.07) is 0. The minimum Gasteiger partial charge on any atom is -0.481 e. The van der Waals surface area contributed by atoms with Crippen LogP contribution in [0.4, 0.5) is 0 Å². The zero-order valence-corrected chi connectivity index (χ0v) is 6.76. The predicted molar refractivity (Wildman–Crippen MR) is 41.0 cm³/mol. The second-order valence-electron chi connectivity index (χ2n) is 1.75. The van der Waals surface area contributed by atoms with Crippen LogP contribution in [0.15, 0.2) is 12.0 Å². The molecule has 0 aliphatic rings. The van der Waals surface area contributed by atoms with Gasteiger partial charge in [0.2, 0.25) is 0 Å². The van der Waals surface area contributed by atoms with Crippen molar-refractivity contribution >= 4 is 15.9 Å². The molecule has 0 amide bonds. The first kappa shape index (κ1) is 8.82. The zero-order chi connectivity index (χ0) is 7.11. The summed E-state index contributed by atoms with van der Waals surface area (Å²) in [7, 11) is 0. The van der Waals surface area contributed by atoms with Crippen molar-refractivity contribution in [2.45, 2.75) is 19.3 Å². The van der Waals surface area contributed by atoms with E-state index in [-0.39, 0.29) is 0 Å². The number of hydrogen-bond acceptors (Lipinski definition) is 2. The van der Waals surface area contributed by atoms with Gasteiger partial charge in [-0.25, -0.2) is 0 Å². The summed E-state index contributed by atoms with van der Waals surface area (Å²) in [6.45, 7) is 0. The lowest BCUT2D eigenvalue weighted by Gasteiger charge is -1.90. The van der Waals surface area contributed by atoms with Crippen molar-refractivity contribution in [3.63, 3.8) is 0 Å². The highest BCUT2D eigenvalue weighted by Gasteiger charge is 1.85. The molecule has 0 aliphatic carbocycles. The van der Waals surface area contributed by atoms with Gasteiger partial charge < -0.3 is 10.2 Å². The quantitative estimate of drug-likeness (QED) is 0.411. The van der Waals surface area contributed by atoms with Crippen LogP contribution in [0.2, 0.25) is 0 Å². The molecule has 0 fully saturated rings. The first-order valence-electron chi connectivity index (χ1n) is 2.91. The van der Waals surface area contributed by atoms with E-state index in [2.05, 4.69) is 15.9 Å². The summed E-state index contributed by atoms with van der Waals surface area (Å²) in [4.78, 5) is 0. The second kappa shape index (κ2) is 5.95. The average molecular weight is 195 g/mol. The molecule has 0 aliphatic heterocycles. The number of alkyl halides is 1. The van der Waals surface area contributed by atoms with Gasteiger partial charge in [-0.05, 0) is 25.3 Å². The van der Waals surface area contributed by atoms with Crippen LogP contribution in [0.3, 0.4) is 0 Å². The molecule has 0 aromatic rings. The Morgan fingerprint density at radius 1 is 1.33 bits per heavy atom. The maximum Gasteiger partial charge on any atom is 0.269 e. The standard InChI is InChI=1S/C6H11BrO2/c7-5-3-1-2-4-6(8)9/h4,8-9H,1-3,5H2. The van der Waals surface area contributed by atoms with Gasteiger partial charge in [-0.15, -0.1) is 0 Å². The van der Waals surface area contributed by atoms with Crippen molar-refractivity contribution < 1.29 is 10.2 Å². The minimum absolute atomic E-state index is 0.565. The van der Waals surface area contributed by atoms with Crippen molar-refractivity contribution in [2.75, 3.05) is 5.33 Å². The van der Waals surface area contributed by atoms with Crippen LogP contribution in [0.25, 0.3) is 0 Å². The molecule has 0 spiro atoms. The Kier molecular flexibility index (Phi) is 5.83. The third kappa shape index (κ3) is 7.82. The molecule has 0 heterocycles. The van der Waals surface area contributed by atoms with Gasteiger partial charge in [-0.2, -0.15) is 0 Å². The van der Waals surface area contributed by atoms with Crippen LogP contribution in [0, 0.1) is 0 Å². The van der Waals surface area contributed by atoms with Gasteiger partial charge in [0.05, 0.1) is 0 Å². The zero-order valence-electron chi connectivity index (χ0n) is 5.18. The van der Waals surface area contributed by atoms with Crippen molar-refractivity contribution in [1.29, 1.82) is 0 Å². The number of hydrogen-bond donors (Lipinski definition) is 2. The number of halogens is 1. The highest BCUT2D eigenvalue weighted by Crippen LogP contribution is 1.99. The normalized spacial score (nSPS) is 9.00. The van der Waals surface area contributed by atoms with E-state index < -0.39 is 5.95 Å². The van der Waals surface area contributed by atoms with Crippen LogP contribution in [0.5, 0.6) is 0 Å². The van der Waals surface area contributed by atoms with Crippen molar-refractivity contribution in [2.24, 2.45) is 0 Å². The smallest absolute Gasteiger partial charge is 0.269 e. The number of unbranched alkanes of at least 4 members (excludes halogenated alkanes) is 2. The van der Waals surface area contributed by atoms with Gasteiger partial charge in [0.1, 0.15) is 0 Å². The van der Waals surface area contributed by atoms with E-state index >= 15 is 0 Å². The molecule has 2 N–H and O–H groups in total. The topological polar surface area (TPSA) is 40.5 Å². The lowest BCUT2D eigenvalue weighted by molar-refractivity contribution is 0.189. The summed E-state index contributed by atoms with van der Waals surface area (Å²) in [5, 5.41) is 17.5. The van der Waals surface area contributed by atoms with Gasteiger partial charge >= 0.3 is 0 Å². The van der Waals surface area contributed by atoms with E-state index in [1.165, 1.54) is 6.08 Å². The van der Waals surface area contributed by atoms with Crippen molar-refractivity contribution in [1.82, 2.24) is 0 Å². The molecule has 0 aromatic carbocycles. The molecule has 0 atom stereocenters. The molecule has 3 heteroatoms. The molecule has 0 bridgehead atoms. The fourth-order valence-electron chi connectivity index (χ4n) is 0.470. The Bertz CT molecular complexity index is 87.1. The lowest BCUT2D eigenvalue weighted by Crippen LogP contribution is -1.78. The Hall–Kier alpha value is -0.180. The molecule has 0 aromatic heterocycles. The SMILES string of the molecule is OC(O)=CCCCCBr. The number of aliphatic hydroxyl groups excluding tert-OH is 1. The molecule has 2 nitrogen and oxygen atoms in total. The highest BCUT2D eigenvalue weighted by atomic mass is 79.9. The molecule has 0 saturated heterocycles. The molecule has 0 saturated carbocycles. The largest absolute Gasteiger partial charge is 0.481 e. The molecule has 0 radical (unpaired) electrons. The van der Waals surface area contributed by atoms with Gasteiger partial charge in [0.15, 0.2) is 0 Å². The number of allylic oxidation sites excluding steroid dienone is 1. The third-order valence-corrected chi connectivity index (χ3v) is 1.48. The second-order valence-corrected chi connectivity index (χ2v) is 2.54. The minimum atomic E-state index is -0.565. The summed E-state index contributed by atoms with van der Waals surface area (Å²) in [5.41, 5.74) is 0.